The molecule has 22 heavy (non-hydrogen) atoms. The summed E-state index contributed by atoms with van der Waals surface area (Å²) in [4.78, 5) is 4.68. The van der Waals surface area contributed by atoms with Gasteiger partial charge in [-0.1, -0.05) is 6.92 Å². The van der Waals surface area contributed by atoms with E-state index < -0.39 is 6.10 Å². The number of ether oxygens (including phenoxy) is 1. The van der Waals surface area contributed by atoms with Gasteiger partial charge in [0.25, 0.3) is 0 Å². The second kappa shape index (κ2) is 8.46. The largest absolute Gasteiger partial charge is 0.491 e. The number of halogens is 1. The van der Waals surface area contributed by atoms with Crippen molar-refractivity contribution in [1.29, 1.82) is 0 Å². The van der Waals surface area contributed by atoms with Gasteiger partial charge in [-0.3, -0.25) is 0 Å². The van der Waals surface area contributed by atoms with Gasteiger partial charge in [0.05, 0.1) is 0 Å². The predicted molar refractivity (Wildman–Crippen MR) is 85.7 cm³/mol. The molecule has 1 aromatic rings. The lowest BCUT2D eigenvalue weighted by atomic mass is 10.0. The highest BCUT2D eigenvalue weighted by molar-refractivity contribution is 5.22. The average Bonchev–Trinajstić information content (AvgIpc) is 2.54. The first-order valence-electron chi connectivity index (χ1n) is 8.07. The fourth-order valence-corrected chi connectivity index (χ4v) is 2.93. The third kappa shape index (κ3) is 5.23. The molecule has 0 aromatic heterocycles. The van der Waals surface area contributed by atoms with Crippen LogP contribution in [0.5, 0.6) is 5.75 Å². The number of hydrogen-bond acceptors (Lipinski definition) is 4. The van der Waals surface area contributed by atoms with E-state index in [-0.39, 0.29) is 12.4 Å². The molecular weight excluding hydrogens is 283 g/mol. The van der Waals surface area contributed by atoms with E-state index in [4.69, 9.17) is 4.74 Å². The van der Waals surface area contributed by atoms with E-state index in [1.807, 2.05) is 0 Å². The number of nitrogens with zero attached hydrogens (tertiary/aromatic N) is 2. The van der Waals surface area contributed by atoms with Crippen molar-refractivity contribution in [1.82, 2.24) is 9.80 Å². The van der Waals surface area contributed by atoms with Crippen molar-refractivity contribution >= 4 is 0 Å². The summed E-state index contributed by atoms with van der Waals surface area (Å²) in [5.74, 6) is 0.297. The molecule has 0 bridgehead atoms. The van der Waals surface area contributed by atoms with E-state index in [0.29, 0.717) is 18.3 Å². The molecule has 1 aromatic carbocycles. The van der Waals surface area contributed by atoms with Crippen molar-refractivity contribution in [3.63, 3.8) is 0 Å². The molecule has 0 radical (unpaired) electrons. The van der Waals surface area contributed by atoms with Crippen LogP contribution in [0.25, 0.3) is 0 Å². The summed E-state index contributed by atoms with van der Waals surface area (Å²) in [6.45, 7) is 6.40. The summed E-state index contributed by atoms with van der Waals surface area (Å²) in [5.41, 5.74) is 0. The first kappa shape index (κ1) is 17.2. The summed E-state index contributed by atoms with van der Waals surface area (Å²) >= 11 is 0. The van der Waals surface area contributed by atoms with Gasteiger partial charge in [0, 0.05) is 12.6 Å². The van der Waals surface area contributed by atoms with Gasteiger partial charge in [0.2, 0.25) is 0 Å². The van der Waals surface area contributed by atoms with E-state index in [1.165, 1.54) is 12.1 Å². The SMILES string of the molecule is CCN1CCC(N(C)CC(O)COc2ccc(F)cc2)CC1. The van der Waals surface area contributed by atoms with Crippen molar-refractivity contribution in [2.75, 3.05) is 39.8 Å². The molecule has 1 heterocycles. The number of aliphatic hydroxyl groups excluding tert-OH is 1. The molecule has 5 heteroatoms. The van der Waals surface area contributed by atoms with Crippen LogP contribution in [0.4, 0.5) is 4.39 Å². The van der Waals surface area contributed by atoms with E-state index in [0.717, 1.165) is 32.5 Å². The van der Waals surface area contributed by atoms with Crippen molar-refractivity contribution in [2.45, 2.75) is 31.9 Å². The first-order valence-corrected chi connectivity index (χ1v) is 8.07. The maximum atomic E-state index is 12.8. The Balaban J connectivity index is 1.70. The molecule has 0 aliphatic carbocycles. The Morgan fingerprint density at radius 1 is 1.32 bits per heavy atom. The Labute approximate surface area is 132 Å². The Morgan fingerprint density at radius 3 is 2.55 bits per heavy atom. The smallest absolute Gasteiger partial charge is 0.123 e. The number of benzene rings is 1. The third-order valence-corrected chi connectivity index (χ3v) is 4.38. The minimum Gasteiger partial charge on any atom is -0.491 e. The van der Waals surface area contributed by atoms with Crippen LogP contribution in [0.3, 0.4) is 0 Å². The van der Waals surface area contributed by atoms with Gasteiger partial charge in [0.15, 0.2) is 0 Å². The Morgan fingerprint density at radius 2 is 1.95 bits per heavy atom. The van der Waals surface area contributed by atoms with Crippen LogP contribution in [0.1, 0.15) is 19.8 Å². The van der Waals surface area contributed by atoms with E-state index in [1.54, 1.807) is 12.1 Å². The van der Waals surface area contributed by atoms with Gasteiger partial charge in [-0.25, -0.2) is 4.39 Å². The van der Waals surface area contributed by atoms with Crippen LogP contribution in [-0.4, -0.2) is 66.9 Å². The molecule has 1 unspecified atom stereocenters. The van der Waals surface area contributed by atoms with Crippen LogP contribution in [0, 0.1) is 5.82 Å². The monoisotopic (exact) mass is 310 g/mol. The lowest BCUT2D eigenvalue weighted by Gasteiger charge is -2.37. The number of aliphatic hydroxyl groups is 1. The molecule has 0 saturated carbocycles. The van der Waals surface area contributed by atoms with E-state index >= 15 is 0 Å². The predicted octanol–water partition coefficient (Wildman–Crippen LogP) is 1.98. The topological polar surface area (TPSA) is 35.9 Å². The van der Waals surface area contributed by atoms with Gasteiger partial charge in [-0.15, -0.1) is 0 Å². The Kier molecular flexibility index (Phi) is 6.61. The number of likely N-dealkylation sites (N-methyl/N-ethyl adjacent to an activating group) is 1. The van der Waals surface area contributed by atoms with Crippen molar-refractivity contribution in [2.24, 2.45) is 0 Å². The zero-order valence-electron chi connectivity index (χ0n) is 13.5. The number of rotatable bonds is 7. The van der Waals surface area contributed by atoms with Crippen LogP contribution < -0.4 is 4.74 Å². The molecule has 124 valence electrons. The molecular formula is C17H27FN2O2. The van der Waals surface area contributed by atoms with Crippen LogP contribution in [0.2, 0.25) is 0 Å². The molecule has 1 atom stereocenters. The van der Waals surface area contributed by atoms with Crippen molar-refractivity contribution < 1.29 is 14.2 Å². The summed E-state index contributed by atoms with van der Waals surface area (Å²) in [6, 6.07) is 6.40. The Hall–Kier alpha value is -1.17. The van der Waals surface area contributed by atoms with Gasteiger partial charge in [-0.05, 0) is 63.8 Å². The fourth-order valence-electron chi connectivity index (χ4n) is 2.93. The lowest BCUT2D eigenvalue weighted by molar-refractivity contribution is 0.0478. The normalized spacial score (nSPS) is 18.6. The van der Waals surface area contributed by atoms with Gasteiger partial charge in [-0.2, -0.15) is 0 Å². The standard InChI is InChI=1S/C17H27FN2O2/c1-3-20-10-8-15(9-11-20)19(2)12-16(21)13-22-17-6-4-14(18)5-7-17/h4-7,15-16,21H,3,8-13H2,1-2H3. The molecule has 1 saturated heterocycles. The third-order valence-electron chi connectivity index (χ3n) is 4.38. The number of piperidine rings is 1. The minimum absolute atomic E-state index is 0.226. The minimum atomic E-state index is -0.542. The second-order valence-corrected chi connectivity index (χ2v) is 6.02. The summed E-state index contributed by atoms with van der Waals surface area (Å²) < 4.78 is 18.3. The molecule has 4 nitrogen and oxygen atoms in total. The van der Waals surface area contributed by atoms with E-state index in [9.17, 15) is 9.50 Å². The fraction of sp³-hybridized carbons (Fsp3) is 0.647. The Bertz CT molecular complexity index is 433. The summed E-state index contributed by atoms with van der Waals surface area (Å²) in [6.07, 6.45) is 1.76. The molecule has 0 spiro atoms. The number of hydrogen-bond donors (Lipinski definition) is 1. The van der Waals surface area contributed by atoms with E-state index in [2.05, 4.69) is 23.8 Å². The maximum Gasteiger partial charge on any atom is 0.123 e. The second-order valence-electron chi connectivity index (χ2n) is 6.02. The highest BCUT2D eigenvalue weighted by atomic mass is 19.1. The zero-order chi connectivity index (χ0) is 15.9. The molecule has 2 rings (SSSR count). The van der Waals surface area contributed by atoms with Gasteiger partial charge < -0.3 is 19.6 Å². The quantitative estimate of drug-likeness (QED) is 0.835. The van der Waals surface area contributed by atoms with Gasteiger partial charge >= 0.3 is 0 Å². The summed E-state index contributed by atoms with van der Waals surface area (Å²) in [7, 11) is 2.06. The van der Waals surface area contributed by atoms with Crippen LogP contribution >= 0.6 is 0 Å². The van der Waals surface area contributed by atoms with Crippen molar-refractivity contribution in [3.8, 4) is 5.75 Å². The van der Waals surface area contributed by atoms with Crippen LogP contribution in [0.15, 0.2) is 24.3 Å². The summed E-state index contributed by atoms with van der Waals surface area (Å²) in [5, 5.41) is 10.1. The first-order chi connectivity index (χ1) is 10.6. The maximum absolute atomic E-state index is 12.8. The van der Waals surface area contributed by atoms with Crippen molar-refractivity contribution in [3.05, 3.63) is 30.1 Å². The lowest BCUT2D eigenvalue weighted by Crippen LogP contribution is -2.46. The highest BCUT2D eigenvalue weighted by Crippen LogP contribution is 2.16. The highest BCUT2D eigenvalue weighted by Gasteiger charge is 2.23. The molecule has 1 fully saturated rings. The molecule has 1 aliphatic heterocycles. The molecule has 0 amide bonds. The number of likely N-dealkylation sites (tertiary alicyclic amines) is 1. The molecule has 1 aliphatic rings. The van der Waals surface area contributed by atoms with Crippen LogP contribution in [-0.2, 0) is 0 Å². The van der Waals surface area contributed by atoms with Gasteiger partial charge in [0.1, 0.15) is 24.3 Å². The molecule has 1 N–H and O–H groups in total. The average molecular weight is 310 g/mol. The zero-order valence-corrected chi connectivity index (χ0v) is 13.5.